The Morgan fingerprint density at radius 3 is 2.93 bits per heavy atom. The first-order valence-corrected chi connectivity index (χ1v) is 5.28. The molecule has 2 N–H and O–H groups in total. The van der Waals surface area contributed by atoms with E-state index in [2.05, 4.69) is 22.5 Å². The third kappa shape index (κ3) is 2.59. The maximum atomic E-state index is 5.88. The Bertz CT molecular complexity index is 325. The minimum atomic E-state index is -0.186. The summed E-state index contributed by atoms with van der Waals surface area (Å²) in [6.07, 6.45) is 1.70. The molecule has 0 saturated carbocycles. The van der Waals surface area contributed by atoms with Crippen LogP contribution in [0.25, 0.3) is 0 Å². The average molecular weight is 256 g/mol. The van der Waals surface area contributed by atoms with Crippen LogP contribution in [0.1, 0.15) is 18.5 Å². The molecule has 0 fully saturated rings. The first-order chi connectivity index (χ1) is 6.69. The second kappa shape index (κ2) is 5.17. The molecule has 0 spiro atoms. The van der Waals surface area contributed by atoms with E-state index >= 15 is 0 Å². The topological polar surface area (TPSA) is 35.2 Å². The lowest BCUT2D eigenvalue weighted by Crippen LogP contribution is -2.09. The standard InChI is InChI=1S/C11H14BrNO/c1-3-10(13)9-7-8(12)5-6-11(9)14-4-2/h3,5-7,10H,1,4,13H2,2H3/t10-/m1/s1. The molecule has 0 heterocycles. The van der Waals surface area contributed by atoms with Crippen LogP contribution in [-0.2, 0) is 0 Å². The summed E-state index contributed by atoms with van der Waals surface area (Å²) in [7, 11) is 0. The lowest BCUT2D eigenvalue weighted by molar-refractivity contribution is 0.335. The number of rotatable bonds is 4. The van der Waals surface area contributed by atoms with Crippen LogP contribution in [0.15, 0.2) is 35.3 Å². The van der Waals surface area contributed by atoms with Gasteiger partial charge in [0.1, 0.15) is 5.75 Å². The fraction of sp³-hybridized carbons (Fsp3) is 0.273. The Morgan fingerprint density at radius 1 is 1.64 bits per heavy atom. The second-order valence-electron chi connectivity index (χ2n) is 2.88. The molecular weight excluding hydrogens is 242 g/mol. The third-order valence-electron chi connectivity index (χ3n) is 1.88. The molecular formula is C11H14BrNO. The fourth-order valence-corrected chi connectivity index (χ4v) is 1.57. The Kier molecular flexibility index (Phi) is 4.17. The lowest BCUT2D eigenvalue weighted by Gasteiger charge is -2.13. The predicted octanol–water partition coefficient (Wildman–Crippen LogP) is 3.03. The Balaban J connectivity index is 3.08. The number of halogens is 1. The van der Waals surface area contributed by atoms with Crippen molar-refractivity contribution in [2.24, 2.45) is 5.73 Å². The van der Waals surface area contributed by atoms with E-state index < -0.39 is 0 Å². The summed E-state index contributed by atoms with van der Waals surface area (Å²) in [5, 5.41) is 0. The molecule has 3 heteroatoms. The van der Waals surface area contributed by atoms with Gasteiger partial charge in [0, 0.05) is 10.0 Å². The number of hydrogen-bond donors (Lipinski definition) is 1. The minimum Gasteiger partial charge on any atom is -0.494 e. The molecule has 0 aromatic heterocycles. The quantitative estimate of drug-likeness (QED) is 0.840. The van der Waals surface area contributed by atoms with Crippen molar-refractivity contribution < 1.29 is 4.74 Å². The molecule has 0 aliphatic heterocycles. The van der Waals surface area contributed by atoms with Crippen LogP contribution in [0, 0.1) is 0 Å². The zero-order valence-electron chi connectivity index (χ0n) is 8.16. The minimum absolute atomic E-state index is 0.186. The van der Waals surface area contributed by atoms with Crippen molar-refractivity contribution in [3.63, 3.8) is 0 Å². The molecule has 14 heavy (non-hydrogen) atoms. The van der Waals surface area contributed by atoms with Crippen molar-refractivity contribution in [3.05, 3.63) is 40.9 Å². The van der Waals surface area contributed by atoms with E-state index in [1.54, 1.807) is 6.08 Å². The molecule has 0 bridgehead atoms. The van der Waals surface area contributed by atoms with Gasteiger partial charge >= 0.3 is 0 Å². The Hall–Kier alpha value is -0.800. The van der Waals surface area contributed by atoms with Gasteiger partial charge in [0.05, 0.1) is 12.6 Å². The lowest BCUT2D eigenvalue weighted by atomic mass is 10.1. The van der Waals surface area contributed by atoms with Crippen LogP contribution >= 0.6 is 15.9 Å². The van der Waals surface area contributed by atoms with Gasteiger partial charge in [-0.05, 0) is 25.1 Å². The maximum Gasteiger partial charge on any atom is 0.124 e. The molecule has 0 amide bonds. The van der Waals surface area contributed by atoms with Gasteiger partial charge in [-0.25, -0.2) is 0 Å². The van der Waals surface area contributed by atoms with E-state index in [0.717, 1.165) is 15.8 Å². The third-order valence-corrected chi connectivity index (χ3v) is 2.38. The maximum absolute atomic E-state index is 5.88. The van der Waals surface area contributed by atoms with E-state index in [9.17, 15) is 0 Å². The smallest absolute Gasteiger partial charge is 0.124 e. The van der Waals surface area contributed by atoms with Crippen molar-refractivity contribution in [1.82, 2.24) is 0 Å². The molecule has 1 aromatic carbocycles. The van der Waals surface area contributed by atoms with Crippen molar-refractivity contribution in [3.8, 4) is 5.75 Å². The first kappa shape index (κ1) is 11.3. The van der Waals surface area contributed by atoms with E-state index in [-0.39, 0.29) is 6.04 Å². The van der Waals surface area contributed by atoms with Crippen LogP contribution < -0.4 is 10.5 Å². The van der Waals surface area contributed by atoms with E-state index in [0.29, 0.717) is 6.61 Å². The van der Waals surface area contributed by atoms with Gasteiger partial charge < -0.3 is 10.5 Å². The van der Waals surface area contributed by atoms with Gasteiger partial charge in [-0.1, -0.05) is 22.0 Å². The van der Waals surface area contributed by atoms with E-state index in [4.69, 9.17) is 10.5 Å². The van der Waals surface area contributed by atoms with Crippen molar-refractivity contribution >= 4 is 15.9 Å². The van der Waals surface area contributed by atoms with Crippen LogP contribution in [0.4, 0.5) is 0 Å². The molecule has 1 atom stereocenters. The Morgan fingerprint density at radius 2 is 2.36 bits per heavy atom. The zero-order valence-corrected chi connectivity index (χ0v) is 9.75. The van der Waals surface area contributed by atoms with Crippen LogP contribution in [0.3, 0.4) is 0 Å². The number of hydrogen-bond acceptors (Lipinski definition) is 2. The molecule has 2 nitrogen and oxygen atoms in total. The van der Waals surface area contributed by atoms with E-state index in [1.165, 1.54) is 0 Å². The highest BCUT2D eigenvalue weighted by molar-refractivity contribution is 9.10. The van der Waals surface area contributed by atoms with Gasteiger partial charge in [-0.2, -0.15) is 0 Å². The molecule has 1 rings (SSSR count). The molecule has 0 radical (unpaired) electrons. The summed E-state index contributed by atoms with van der Waals surface area (Å²) >= 11 is 3.40. The summed E-state index contributed by atoms with van der Waals surface area (Å²) in [5.41, 5.74) is 6.83. The highest BCUT2D eigenvalue weighted by Crippen LogP contribution is 2.27. The van der Waals surface area contributed by atoms with Crippen molar-refractivity contribution in [2.75, 3.05) is 6.61 Å². The summed E-state index contributed by atoms with van der Waals surface area (Å²) < 4.78 is 6.46. The highest BCUT2D eigenvalue weighted by atomic mass is 79.9. The van der Waals surface area contributed by atoms with Crippen LogP contribution in [-0.4, -0.2) is 6.61 Å². The SMILES string of the molecule is C=C[C@@H](N)c1cc(Br)ccc1OCC. The summed E-state index contributed by atoms with van der Waals surface area (Å²) in [6, 6.07) is 5.61. The van der Waals surface area contributed by atoms with Crippen LogP contribution in [0.2, 0.25) is 0 Å². The van der Waals surface area contributed by atoms with Gasteiger partial charge in [0.15, 0.2) is 0 Å². The fourth-order valence-electron chi connectivity index (χ4n) is 1.19. The molecule has 76 valence electrons. The largest absolute Gasteiger partial charge is 0.494 e. The molecule has 0 aliphatic carbocycles. The molecule has 0 unspecified atom stereocenters. The first-order valence-electron chi connectivity index (χ1n) is 4.49. The molecule has 1 aromatic rings. The molecule has 0 saturated heterocycles. The highest BCUT2D eigenvalue weighted by Gasteiger charge is 2.09. The average Bonchev–Trinajstić information content (AvgIpc) is 2.20. The summed E-state index contributed by atoms with van der Waals surface area (Å²) in [5.74, 6) is 0.822. The Labute approximate surface area is 92.9 Å². The van der Waals surface area contributed by atoms with Crippen molar-refractivity contribution in [2.45, 2.75) is 13.0 Å². The number of ether oxygens (including phenoxy) is 1. The number of nitrogens with two attached hydrogens (primary N) is 1. The van der Waals surface area contributed by atoms with E-state index in [1.807, 2.05) is 25.1 Å². The monoisotopic (exact) mass is 255 g/mol. The second-order valence-corrected chi connectivity index (χ2v) is 3.79. The van der Waals surface area contributed by atoms with Gasteiger partial charge in [-0.15, -0.1) is 6.58 Å². The predicted molar refractivity (Wildman–Crippen MR) is 62.4 cm³/mol. The van der Waals surface area contributed by atoms with Gasteiger partial charge in [0.25, 0.3) is 0 Å². The summed E-state index contributed by atoms with van der Waals surface area (Å²) in [4.78, 5) is 0. The van der Waals surface area contributed by atoms with Gasteiger partial charge in [-0.3, -0.25) is 0 Å². The summed E-state index contributed by atoms with van der Waals surface area (Å²) in [6.45, 7) is 6.26. The van der Waals surface area contributed by atoms with Crippen molar-refractivity contribution in [1.29, 1.82) is 0 Å². The number of benzene rings is 1. The normalized spacial score (nSPS) is 12.2. The van der Waals surface area contributed by atoms with Crippen LogP contribution in [0.5, 0.6) is 5.75 Å². The molecule has 0 aliphatic rings. The van der Waals surface area contributed by atoms with Gasteiger partial charge in [0.2, 0.25) is 0 Å². The zero-order chi connectivity index (χ0) is 10.6.